The molecule has 0 fully saturated rings. The molecule has 11 heteroatoms. The first-order valence-corrected chi connectivity index (χ1v) is 11.4. The van der Waals surface area contributed by atoms with E-state index >= 15 is 0 Å². The summed E-state index contributed by atoms with van der Waals surface area (Å²) in [5, 5.41) is 10.6. The molecule has 4 rings (SSSR count). The zero-order valence-corrected chi connectivity index (χ0v) is 21.2. The fourth-order valence-electron chi connectivity index (χ4n) is 3.24. The Morgan fingerprint density at radius 3 is 2.65 bits per heavy atom. The molecule has 34 heavy (non-hydrogen) atoms. The number of hydrogen-bond donors (Lipinski definition) is 1. The molecule has 0 unspecified atom stereocenters. The van der Waals surface area contributed by atoms with Crippen LogP contribution in [0.3, 0.4) is 0 Å². The molecule has 0 spiro atoms. The van der Waals surface area contributed by atoms with Gasteiger partial charge in [0.15, 0.2) is 11.7 Å². The fourth-order valence-corrected chi connectivity index (χ4v) is 3.82. The van der Waals surface area contributed by atoms with E-state index in [1.807, 2.05) is 0 Å². The molecule has 3 aromatic heterocycles. The summed E-state index contributed by atoms with van der Waals surface area (Å²) in [4.78, 5) is 30.5. The minimum Gasteiger partial charge on any atom is -0.470 e. The molecule has 176 valence electrons. The Morgan fingerprint density at radius 2 is 1.97 bits per heavy atom. The van der Waals surface area contributed by atoms with Crippen molar-refractivity contribution in [3.8, 4) is 22.8 Å². The predicted molar refractivity (Wildman–Crippen MR) is 129 cm³/mol. The van der Waals surface area contributed by atoms with Crippen LogP contribution in [0.25, 0.3) is 16.9 Å². The van der Waals surface area contributed by atoms with Gasteiger partial charge in [0.2, 0.25) is 5.88 Å². The third-order valence-electron chi connectivity index (χ3n) is 4.87. The van der Waals surface area contributed by atoms with E-state index in [9.17, 15) is 9.90 Å². The number of ether oxygens (including phenoxy) is 1. The lowest BCUT2D eigenvalue weighted by Gasteiger charge is -2.17. The first kappa shape index (κ1) is 24.1. The quantitative estimate of drug-likeness (QED) is 0.375. The first-order chi connectivity index (χ1) is 16.0. The Morgan fingerprint density at radius 1 is 1.21 bits per heavy atom. The summed E-state index contributed by atoms with van der Waals surface area (Å²) < 4.78 is 12.4. The van der Waals surface area contributed by atoms with E-state index in [4.69, 9.17) is 20.8 Å². The molecule has 0 saturated carbocycles. The Bertz CT molecular complexity index is 1430. The smallest absolute Gasteiger partial charge is 0.276 e. The summed E-state index contributed by atoms with van der Waals surface area (Å²) in [6.45, 7) is 6.73. The Balaban J connectivity index is 1.73. The molecule has 0 radical (unpaired) electrons. The highest BCUT2D eigenvalue weighted by atomic mass is 79.9. The number of nitrogens with zero attached hydrogens (tertiary/aromatic N) is 5. The standard InChI is InChI=1S/C23H21BrClN5O4/c1-12-27-20(34-11-15-10-33-13(2)28-15)19(24)21(31)30(12)18-9-14(5-6-16(18)25)17-7-8-26-22(29-17)23(3,4)32/h5-10,32H,11H2,1-4H3. The molecule has 0 aliphatic heterocycles. The Hall–Kier alpha value is -3.08. The van der Waals surface area contributed by atoms with Crippen LogP contribution in [-0.2, 0) is 12.2 Å². The topological polar surface area (TPSA) is 116 Å². The van der Waals surface area contributed by atoms with Crippen molar-refractivity contribution in [1.82, 2.24) is 24.5 Å². The van der Waals surface area contributed by atoms with Gasteiger partial charge in [-0.2, -0.15) is 4.98 Å². The maximum atomic E-state index is 13.3. The second-order valence-corrected chi connectivity index (χ2v) is 9.26. The maximum Gasteiger partial charge on any atom is 0.276 e. The number of aryl methyl sites for hydroxylation is 2. The van der Waals surface area contributed by atoms with Crippen LogP contribution >= 0.6 is 27.5 Å². The first-order valence-electron chi connectivity index (χ1n) is 10.2. The molecule has 0 atom stereocenters. The minimum absolute atomic E-state index is 0.0966. The van der Waals surface area contributed by atoms with Crippen molar-refractivity contribution in [2.45, 2.75) is 39.9 Å². The average Bonchev–Trinajstić information content (AvgIpc) is 3.21. The predicted octanol–water partition coefficient (Wildman–Crippen LogP) is 4.52. The highest BCUT2D eigenvalue weighted by Gasteiger charge is 2.21. The number of oxazole rings is 1. The maximum absolute atomic E-state index is 13.3. The summed E-state index contributed by atoms with van der Waals surface area (Å²) in [5.74, 6) is 1.31. The van der Waals surface area contributed by atoms with Crippen molar-refractivity contribution < 1.29 is 14.3 Å². The monoisotopic (exact) mass is 545 g/mol. The van der Waals surface area contributed by atoms with Crippen LogP contribution in [0.4, 0.5) is 0 Å². The lowest BCUT2D eigenvalue weighted by atomic mass is 10.1. The molecular formula is C23H21BrClN5O4. The number of rotatable bonds is 6. The normalized spacial score (nSPS) is 11.6. The van der Waals surface area contributed by atoms with Crippen molar-refractivity contribution in [2.75, 3.05) is 0 Å². The second kappa shape index (κ2) is 9.28. The van der Waals surface area contributed by atoms with Crippen LogP contribution in [0.5, 0.6) is 5.88 Å². The summed E-state index contributed by atoms with van der Waals surface area (Å²) >= 11 is 9.78. The van der Waals surface area contributed by atoms with Crippen molar-refractivity contribution in [3.63, 3.8) is 0 Å². The van der Waals surface area contributed by atoms with Crippen molar-refractivity contribution in [1.29, 1.82) is 0 Å². The molecule has 0 aliphatic carbocycles. The van der Waals surface area contributed by atoms with Gasteiger partial charge in [0.25, 0.3) is 5.56 Å². The average molecular weight is 547 g/mol. The Kier molecular flexibility index (Phi) is 6.57. The summed E-state index contributed by atoms with van der Waals surface area (Å²) in [5.41, 5.74) is 0.685. The van der Waals surface area contributed by atoms with E-state index in [0.29, 0.717) is 39.4 Å². The fraction of sp³-hybridized carbons (Fsp3) is 0.261. The number of halogens is 2. The zero-order chi connectivity index (χ0) is 24.6. The summed E-state index contributed by atoms with van der Waals surface area (Å²) in [6, 6.07) is 6.91. The molecule has 3 heterocycles. The highest BCUT2D eigenvalue weighted by Crippen LogP contribution is 2.29. The van der Waals surface area contributed by atoms with Gasteiger partial charge in [-0.25, -0.2) is 15.0 Å². The lowest BCUT2D eigenvalue weighted by Crippen LogP contribution is -2.24. The molecule has 9 nitrogen and oxygen atoms in total. The summed E-state index contributed by atoms with van der Waals surface area (Å²) in [7, 11) is 0. The van der Waals surface area contributed by atoms with E-state index in [0.717, 1.165) is 0 Å². The highest BCUT2D eigenvalue weighted by molar-refractivity contribution is 9.10. The van der Waals surface area contributed by atoms with Gasteiger partial charge < -0.3 is 14.3 Å². The molecule has 0 amide bonds. The van der Waals surface area contributed by atoms with Gasteiger partial charge in [-0.15, -0.1) is 0 Å². The van der Waals surface area contributed by atoms with Gasteiger partial charge in [-0.1, -0.05) is 17.7 Å². The SMILES string of the molecule is Cc1nc(COc2nc(C)n(-c3cc(-c4ccnc(C(C)(C)O)n4)ccc3Cl)c(=O)c2Br)co1. The van der Waals surface area contributed by atoms with Crippen molar-refractivity contribution in [3.05, 3.63) is 79.8 Å². The van der Waals surface area contributed by atoms with Gasteiger partial charge in [-0.3, -0.25) is 9.36 Å². The van der Waals surface area contributed by atoms with Gasteiger partial charge in [0.1, 0.15) is 34.5 Å². The number of aromatic nitrogens is 5. The van der Waals surface area contributed by atoms with E-state index in [2.05, 4.69) is 35.9 Å². The van der Waals surface area contributed by atoms with Crippen LogP contribution < -0.4 is 10.3 Å². The molecule has 0 bridgehead atoms. The number of aliphatic hydroxyl groups is 1. The van der Waals surface area contributed by atoms with Crippen LogP contribution in [0.1, 0.15) is 37.1 Å². The van der Waals surface area contributed by atoms with Crippen LogP contribution in [-0.4, -0.2) is 29.6 Å². The van der Waals surface area contributed by atoms with E-state index < -0.39 is 11.2 Å². The second-order valence-electron chi connectivity index (χ2n) is 8.06. The van der Waals surface area contributed by atoms with Crippen LogP contribution in [0.15, 0.2) is 50.4 Å². The third-order valence-corrected chi connectivity index (χ3v) is 5.87. The van der Waals surface area contributed by atoms with Crippen molar-refractivity contribution >= 4 is 27.5 Å². The van der Waals surface area contributed by atoms with Crippen LogP contribution in [0.2, 0.25) is 5.02 Å². The van der Waals surface area contributed by atoms with Gasteiger partial charge in [0, 0.05) is 18.7 Å². The molecule has 0 saturated heterocycles. The van der Waals surface area contributed by atoms with Crippen LogP contribution in [0, 0.1) is 13.8 Å². The molecule has 4 aromatic rings. The number of benzene rings is 1. The molecule has 1 aromatic carbocycles. The lowest BCUT2D eigenvalue weighted by molar-refractivity contribution is 0.0688. The summed E-state index contributed by atoms with van der Waals surface area (Å²) in [6.07, 6.45) is 3.06. The minimum atomic E-state index is -1.20. The van der Waals surface area contributed by atoms with Crippen molar-refractivity contribution in [2.24, 2.45) is 0 Å². The van der Waals surface area contributed by atoms with Gasteiger partial charge >= 0.3 is 0 Å². The molecule has 1 N–H and O–H groups in total. The van der Waals surface area contributed by atoms with E-state index in [1.165, 1.54) is 10.8 Å². The number of hydrogen-bond acceptors (Lipinski definition) is 8. The van der Waals surface area contributed by atoms with Gasteiger partial charge in [-0.05, 0) is 54.9 Å². The molecule has 0 aliphatic rings. The van der Waals surface area contributed by atoms with Gasteiger partial charge in [0.05, 0.1) is 16.4 Å². The zero-order valence-electron chi connectivity index (χ0n) is 18.8. The third kappa shape index (κ3) is 4.89. The largest absolute Gasteiger partial charge is 0.470 e. The van der Waals surface area contributed by atoms with E-state index in [1.54, 1.807) is 58.2 Å². The van der Waals surface area contributed by atoms with E-state index in [-0.39, 0.29) is 22.8 Å². The Labute approximate surface area is 208 Å². The molecular weight excluding hydrogens is 526 g/mol.